The molecule has 5 nitrogen and oxygen atoms in total. The largest absolute Gasteiger partial charge is 0.493 e. The van der Waals surface area contributed by atoms with Crippen LogP contribution >= 0.6 is 0 Å². The van der Waals surface area contributed by atoms with Crippen molar-refractivity contribution < 1.29 is 9.47 Å². The summed E-state index contributed by atoms with van der Waals surface area (Å²) < 4.78 is 13.2. The number of ether oxygens (including phenoxy) is 2. The number of fused-ring (bicyclic) bond motifs is 1. The van der Waals surface area contributed by atoms with E-state index in [2.05, 4.69) is 52.9 Å². The minimum atomic E-state index is 0.779. The van der Waals surface area contributed by atoms with Gasteiger partial charge in [0.25, 0.3) is 0 Å². The first-order valence-corrected chi connectivity index (χ1v) is 9.74. The van der Waals surface area contributed by atoms with Gasteiger partial charge in [0, 0.05) is 37.3 Å². The molecule has 0 saturated heterocycles. The van der Waals surface area contributed by atoms with Gasteiger partial charge in [0.1, 0.15) is 0 Å². The van der Waals surface area contributed by atoms with E-state index in [0.29, 0.717) is 0 Å². The van der Waals surface area contributed by atoms with Crippen LogP contribution in [0.2, 0.25) is 0 Å². The highest BCUT2D eigenvalue weighted by atomic mass is 16.5. The number of methoxy groups -OCH3 is 2. The SMILES string of the molecule is COc1cccc(CN2CCCn3nc(-c4ccc(C)cc4)cc3C2)c1OC. The van der Waals surface area contributed by atoms with E-state index in [0.717, 1.165) is 55.4 Å². The van der Waals surface area contributed by atoms with Crippen LogP contribution in [0.1, 0.15) is 23.2 Å². The van der Waals surface area contributed by atoms with Gasteiger partial charge in [-0.3, -0.25) is 9.58 Å². The van der Waals surface area contributed by atoms with Crippen LogP contribution < -0.4 is 9.47 Å². The summed E-state index contributed by atoms with van der Waals surface area (Å²) in [6.45, 7) is 5.79. The summed E-state index contributed by atoms with van der Waals surface area (Å²) in [6, 6.07) is 16.9. The average molecular weight is 377 g/mol. The highest BCUT2D eigenvalue weighted by Crippen LogP contribution is 2.32. The molecule has 0 unspecified atom stereocenters. The molecule has 0 bridgehead atoms. The maximum Gasteiger partial charge on any atom is 0.165 e. The summed E-state index contributed by atoms with van der Waals surface area (Å²) in [5.41, 5.74) is 5.90. The quantitative estimate of drug-likeness (QED) is 0.665. The lowest BCUT2D eigenvalue weighted by Gasteiger charge is -2.21. The molecule has 146 valence electrons. The summed E-state index contributed by atoms with van der Waals surface area (Å²) in [5, 5.41) is 4.86. The van der Waals surface area contributed by atoms with Crippen LogP contribution in [0.15, 0.2) is 48.5 Å². The predicted molar refractivity (Wildman–Crippen MR) is 111 cm³/mol. The summed E-state index contributed by atoms with van der Waals surface area (Å²) in [4.78, 5) is 2.46. The van der Waals surface area contributed by atoms with Gasteiger partial charge in [-0.2, -0.15) is 5.10 Å². The Kier molecular flexibility index (Phi) is 5.35. The molecule has 0 fully saturated rings. The number of aromatic nitrogens is 2. The topological polar surface area (TPSA) is 39.5 Å². The standard InChI is InChI=1S/C23H27N3O2/c1-17-8-10-18(11-9-17)21-14-20-16-25(12-5-13-26(20)24-21)15-19-6-4-7-22(27-2)23(19)28-3/h4,6-11,14H,5,12-13,15-16H2,1-3H3. The summed E-state index contributed by atoms with van der Waals surface area (Å²) >= 11 is 0. The monoisotopic (exact) mass is 377 g/mol. The van der Waals surface area contributed by atoms with Crippen molar-refractivity contribution in [2.24, 2.45) is 0 Å². The molecule has 0 amide bonds. The Balaban J connectivity index is 1.56. The van der Waals surface area contributed by atoms with Gasteiger partial charge in [-0.15, -0.1) is 0 Å². The van der Waals surface area contributed by atoms with E-state index in [1.165, 1.54) is 16.8 Å². The molecule has 0 N–H and O–H groups in total. The van der Waals surface area contributed by atoms with E-state index in [4.69, 9.17) is 14.6 Å². The number of benzene rings is 2. The molecule has 0 aliphatic carbocycles. The molecule has 0 saturated carbocycles. The first-order chi connectivity index (χ1) is 13.7. The van der Waals surface area contributed by atoms with Crippen LogP contribution in [-0.2, 0) is 19.6 Å². The van der Waals surface area contributed by atoms with E-state index in [1.807, 2.05) is 12.1 Å². The molecule has 0 radical (unpaired) electrons. The highest BCUT2D eigenvalue weighted by Gasteiger charge is 2.19. The van der Waals surface area contributed by atoms with Crippen LogP contribution in [-0.4, -0.2) is 35.4 Å². The van der Waals surface area contributed by atoms with E-state index >= 15 is 0 Å². The highest BCUT2D eigenvalue weighted by molar-refractivity contribution is 5.59. The Morgan fingerprint density at radius 3 is 2.57 bits per heavy atom. The van der Waals surface area contributed by atoms with Crippen LogP contribution in [0.25, 0.3) is 11.3 Å². The number of para-hydroxylation sites is 1. The fraction of sp³-hybridized carbons (Fsp3) is 0.348. The zero-order chi connectivity index (χ0) is 19.5. The van der Waals surface area contributed by atoms with E-state index in [9.17, 15) is 0 Å². The molecule has 2 heterocycles. The lowest BCUT2D eigenvalue weighted by Crippen LogP contribution is -2.23. The molecule has 28 heavy (non-hydrogen) atoms. The molecule has 5 heteroatoms. The second-order valence-electron chi connectivity index (χ2n) is 7.33. The van der Waals surface area contributed by atoms with Gasteiger partial charge in [0.05, 0.1) is 25.6 Å². The summed E-state index contributed by atoms with van der Waals surface area (Å²) in [7, 11) is 3.38. The van der Waals surface area contributed by atoms with Gasteiger partial charge in [-0.05, 0) is 25.5 Å². The predicted octanol–water partition coefficient (Wildman–Crippen LogP) is 4.28. The van der Waals surface area contributed by atoms with Crippen molar-refractivity contribution in [1.82, 2.24) is 14.7 Å². The minimum Gasteiger partial charge on any atom is -0.493 e. The van der Waals surface area contributed by atoms with Crippen molar-refractivity contribution in [2.45, 2.75) is 33.0 Å². The third-order valence-electron chi connectivity index (χ3n) is 5.32. The van der Waals surface area contributed by atoms with Crippen LogP contribution in [0.5, 0.6) is 11.5 Å². The van der Waals surface area contributed by atoms with Crippen molar-refractivity contribution in [3.05, 3.63) is 65.4 Å². The van der Waals surface area contributed by atoms with Crippen LogP contribution in [0.4, 0.5) is 0 Å². The lowest BCUT2D eigenvalue weighted by atomic mass is 10.1. The Hall–Kier alpha value is -2.79. The van der Waals surface area contributed by atoms with E-state index in [1.54, 1.807) is 14.2 Å². The van der Waals surface area contributed by atoms with Crippen molar-refractivity contribution in [3.63, 3.8) is 0 Å². The second kappa shape index (κ2) is 8.07. The molecule has 1 aliphatic heterocycles. The third-order valence-corrected chi connectivity index (χ3v) is 5.32. The van der Waals surface area contributed by atoms with Gasteiger partial charge in [-0.1, -0.05) is 42.0 Å². The lowest BCUT2D eigenvalue weighted by molar-refractivity contribution is 0.254. The molecule has 0 atom stereocenters. The summed E-state index contributed by atoms with van der Waals surface area (Å²) in [5.74, 6) is 1.60. The maximum absolute atomic E-state index is 5.61. The smallest absolute Gasteiger partial charge is 0.165 e. The van der Waals surface area contributed by atoms with Gasteiger partial charge >= 0.3 is 0 Å². The zero-order valence-corrected chi connectivity index (χ0v) is 16.8. The molecule has 1 aromatic heterocycles. The van der Waals surface area contributed by atoms with Gasteiger partial charge in [0.2, 0.25) is 0 Å². The van der Waals surface area contributed by atoms with Crippen molar-refractivity contribution in [3.8, 4) is 22.8 Å². The first-order valence-electron chi connectivity index (χ1n) is 9.74. The molecular weight excluding hydrogens is 350 g/mol. The molecule has 4 rings (SSSR count). The van der Waals surface area contributed by atoms with Crippen LogP contribution in [0, 0.1) is 6.92 Å². The Bertz CT molecular complexity index is 947. The number of nitrogens with zero attached hydrogens (tertiary/aromatic N) is 3. The minimum absolute atomic E-state index is 0.779. The Morgan fingerprint density at radius 1 is 1.00 bits per heavy atom. The number of hydrogen-bond acceptors (Lipinski definition) is 4. The fourth-order valence-corrected chi connectivity index (χ4v) is 3.85. The summed E-state index contributed by atoms with van der Waals surface area (Å²) in [6.07, 6.45) is 1.08. The van der Waals surface area contributed by atoms with Gasteiger partial charge < -0.3 is 9.47 Å². The second-order valence-corrected chi connectivity index (χ2v) is 7.33. The fourth-order valence-electron chi connectivity index (χ4n) is 3.85. The number of aryl methyl sites for hydroxylation is 2. The van der Waals surface area contributed by atoms with E-state index in [-0.39, 0.29) is 0 Å². The van der Waals surface area contributed by atoms with Crippen LogP contribution in [0.3, 0.4) is 0 Å². The Labute approximate surface area is 166 Å². The number of rotatable bonds is 5. The molecular formula is C23H27N3O2. The van der Waals surface area contributed by atoms with Crippen molar-refractivity contribution in [1.29, 1.82) is 0 Å². The van der Waals surface area contributed by atoms with E-state index < -0.39 is 0 Å². The normalized spacial score (nSPS) is 14.4. The first kappa shape index (κ1) is 18.6. The van der Waals surface area contributed by atoms with Crippen molar-refractivity contribution in [2.75, 3.05) is 20.8 Å². The average Bonchev–Trinajstić information content (AvgIpc) is 3.01. The van der Waals surface area contributed by atoms with Crippen molar-refractivity contribution >= 4 is 0 Å². The third kappa shape index (κ3) is 3.76. The molecule has 2 aromatic carbocycles. The number of hydrogen-bond donors (Lipinski definition) is 0. The zero-order valence-electron chi connectivity index (χ0n) is 16.8. The Morgan fingerprint density at radius 2 is 1.82 bits per heavy atom. The molecule has 1 aliphatic rings. The molecule has 3 aromatic rings. The van der Waals surface area contributed by atoms with Gasteiger partial charge in [-0.25, -0.2) is 0 Å². The van der Waals surface area contributed by atoms with Gasteiger partial charge in [0.15, 0.2) is 11.5 Å². The maximum atomic E-state index is 5.61. The molecule has 0 spiro atoms.